The van der Waals surface area contributed by atoms with Crippen LogP contribution in [0.25, 0.3) is 0 Å². The fraction of sp³-hybridized carbons (Fsp3) is 0.333. The Kier molecular flexibility index (Phi) is 2.02. The van der Waals surface area contributed by atoms with Crippen LogP contribution in [0.15, 0.2) is 42.0 Å². The SMILES string of the molecule is C1=CC2=[C](C1)[Zr+2][C]1=C(C=CC1)CC2.[H-].[H-]. The van der Waals surface area contributed by atoms with Gasteiger partial charge in [0.2, 0.25) is 0 Å². The molecule has 0 saturated heterocycles. The first-order chi connectivity index (χ1) is 6.43. The van der Waals surface area contributed by atoms with Crippen LogP contribution in [0.4, 0.5) is 0 Å². The Morgan fingerprint density at radius 1 is 0.923 bits per heavy atom. The van der Waals surface area contributed by atoms with E-state index in [-0.39, 0.29) is 26.1 Å². The van der Waals surface area contributed by atoms with Gasteiger partial charge in [-0.3, -0.25) is 0 Å². The van der Waals surface area contributed by atoms with Crippen LogP contribution in [-0.4, -0.2) is 0 Å². The first kappa shape index (κ1) is 8.18. The topological polar surface area (TPSA) is 0 Å². The maximum atomic E-state index is 2.38. The zero-order chi connectivity index (χ0) is 8.67. The maximum absolute atomic E-state index is 2.38. The Balaban J connectivity index is 0.000000562. The molecular formula is C12H14Zr. The number of hydrogen-bond acceptors (Lipinski definition) is 0. The van der Waals surface area contributed by atoms with E-state index in [1.54, 1.807) is 11.1 Å². The Labute approximate surface area is 93.6 Å². The fourth-order valence-corrected chi connectivity index (χ4v) is 6.07. The normalized spacial score (nSPS) is 24.0. The van der Waals surface area contributed by atoms with Crippen LogP contribution in [0.5, 0.6) is 0 Å². The molecule has 1 heteroatoms. The zero-order valence-corrected chi connectivity index (χ0v) is 10.1. The second kappa shape index (κ2) is 3.21. The Morgan fingerprint density at radius 3 is 2.00 bits per heavy atom. The van der Waals surface area contributed by atoms with E-state index in [4.69, 9.17) is 0 Å². The molecule has 0 aromatic carbocycles. The Morgan fingerprint density at radius 2 is 1.46 bits per heavy atom. The average Bonchev–Trinajstić information content (AvgIpc) is 2.72. The molecule has 3 rings (SSSR count). The second-order valence-electron chi connectivity index (χ2n) is 3.85. The van der Waals surface area contributed by atoms with Crippen molar-refractivity contribution in [2.45, 2.75) is 25.7 Å². The quantitative estimate of drug-likeness (QED) is 0.616. The molecule has 0 amide bonds. The monoisotopic (exact) mass is 248 g/mol. The van der Waals surface area contributed by atoms with E-state index in [0.717, 1.165) is 0 Å². The number of hydrogen-bond donors (Lipinski definition) is 0. The predicted octanol–water partition coefficient (Wildman–Crippen LogP) is 3.52. The third kappa shape index (κ3) is 1.38. The van der Waals surface area contributed by atoms with Crippen molar-refractivity contribution < 1.29 is 26.1 Å². The minimum Gasteiger partial charge on any atom is -1.00 e. The summed E-state index contributed by atoms with van der Waals surface area (Å²) < 4.78 is 3.72. The average molecular weight is 249 g/mol. The van der Waals surface area contributed by atoms with Gasteiger partial charge < -0.3 is 2.85 Å². The van der Waals surface area contributed by atoms with Gasteiger partial charge in [0.15, 0.2) is 0 Å². The van der Waals surface area contributed by atoms with Crippen LogP contribution >= 0.6 is 0 Å². The molecule has 0 unspecified atom stereocenters. The second-order valence-corrected chi connectivity index (χ2v) is 7.43. The molecule has 3 aliphatic rings. The van der Waals surface area contributed by atoms with Crippen LogP contribution in [0.3, 0.4) is 0 Å². The third-order valence-corrected chi connectivity index (χ3v) is 7.09. The molecule has 0 bridgehead atoms. The van der Waals surface area contributed by atoms with E-state index in [0.29, 0.717) is 0 Å². The molecule has 13 heavy (non-hydrogen) atoms. The summed E-state index contributed by atoms with van der Waals surface area (Å²) in [6.07, 6.45) is 14.7. The summed E-state index contributed by atoms with van der Waals surface area (Å²) in [4.78, 5) is 0. The van der Waals surface area contributed by atoms with Gasteiger partial charge in [-0.25, -0.2) is 0 Å². The van der Waals surface area contributed by atoms with Gasteiger partial charge in [0.1, 0.15) is 0 Å². The largest absolute Gasteiger partial charge is 1.00 e. The molecule has 0 N–H and O–H groups in total. The molecule has 1 heterocycles. The van der Waals surface area contributed by atoms with Gasteiger partial charge in [0, 0.05) is 0 Å². The van der Waals surface area contributed by atoms with Gasteiger partial charge >= 0.3 is 90.9 Å². The summed E-state index contributed by atoms with van der Waals surface area (Å²) in [5, 5.41) is 0. The molecule has 0 aromatic rings. The van der Waals surface area contributed by atoms with E-state index < -0.39 is 0 Å². The smallest absolute Gasteiger partial charge is 1.00 e. The summed E-state index contributed by atoms with van der Waals surface area (Å²) in [7, 11) is 0. The molecule has 0 aromatic heterocycles. The molecule has 0 spiro atoms. The molecule has 0 nitrogen and oxygen atoms in total. The third-order valence-electron chi connectivity index (χ3n) is 3.02. The van der Waals surface area contributed by atoms with Crippen molar-refractivity contribution in [2.75, 3.05) is 0 Å². The molecule has 0 radical (unpaired) electrons. The van der Waals surface area contributed by atoms with Crippen LogP contribution in [0.2, 0.25) is 0 Å². The van der Waals surface area contributed by atoms with Gasteiger partial charge in [-0.05, 0) is 0 Å². The molecule has 0 saturated carbocycles. The van der Waals surface area contributed by atoms with Crippen molar-refractivity contribution in [2.24, 2.45) is 0 Å². The van der Waals surface area contributed by atoms with Crippen molar-refractivity contribution in [3.05, 3.63) is 42.0 Å². The summed E-state index contributed by atoms with van der Waals surface area (Å²) >= 11 is -0.323. The predicted molar refractivity (Wildman–Crippen MR) is 53.0 cm³/mol. The van der Waals surface area contributed by atoms with Gasteiger partial charge in [0.05, 0.1) is 0 Å². The van der Waals surface area contributed by atoms with Crippen LogP contribution in [0.1, 0.15) is 28.5 Å². The summed E-state index contributed by atoms with van der Waals surface area (Å²) in [5.74, 6) is 0. The molecule has 2 aliphatic carbocycles. The first-order valence-electron chi connectivity index (χ1n) is 4.97. The van der Waals surface area contributed by atoms with Crippen molar-refractivity contribution in [1.82, 2.24) is 0 Å². The Hall–Kier alpha value is -0.157. The van der Waals surface area contributed by atoms with Crippen molar-refractivity contribution in [1.29, 1.82) is 0 Å². The summed E-state index contributed by atoms with van der Waals surface area (Å²) in [6, 6.07) is 0. The van der Waals surface area contributed by atoms with Crippen molar-refractivity contribution in [3.63, 3.8) is 0 Å². The van der Waals surface area contributed by atoms with Crippen LogP contribution in [0, 0.1) is 0 Å². The van der Waals surface area contributed by atoms with Crippen LogP contribution < -0.4 is 0 Å². The standard InChI is InChI=1S/C12H12.Zr.2H/c1-2-6-11(5-1)9-10-12-7-3-4-8-12;;;/h1,3,5,7H,2,4,9-10H2;;;/q;+2;2*-1. The van der Waals surface area contributed by atoms with Crippen LogP contribution in [-0.2, 0) is 23.2 Å². The van der Waals surface area contributed by atoms with E-state index in [1.807, 2.05) is 6.56 Å². The zero-order valence-electron chi connectivity index (χ0n) is 9.64. The number of allylic oxidation sites excluding steroid dienone is 8. The maximum Gasteiger partial charge on any atom is -1.00 e. The first-order valence-corrected chi connectivity index (χ1v) is 7.43. The fourth-order valence-electron chi connectivity index (χ4n) is 2.28. The minimum absolute atomic E-state index is 0. The van der Waals surface area contributed by atoms with Gasteiger partial charge in [-0.1, -0.05) is 0 Å². The Bertz CT molecular complexity index is 339. The molecular weight excluding hydrogens is 235 g/mol. The molecule has 0 fully saturated rings. The molecule has 0 atom stereocenters. The van der Waals surface area contributed by atoms with E-state index >= 15 is 0 Å². The molecule has 1 aliphatic heterocycles. The van der Waals surface area contributed by atoms with Gasteiger partial charge in [-0.15, -0.1) is 0 Å². The van der Waals surface area contributed by atoms with Crippen molar-refractivity contribution >= 4 is 0 Å². The van der Waals surface area contributed by atoms with E-state index in [9.17, 15) is 0 Å². The van der Waals surface area contributed by atoms with E-state index in [2.05, 4.69) is 24.3 Å². The van der Waals surface area contributed by atoms with Crippen molar-refractivity contribution in [3.8, 4) is 0 Å². The molecule has 66 valence electrons. The summed E-state index contributed by atoms with van der Waals surface area (Å²) in [5.41, 5.74) is 3.41. The summed E-state index contributed by atoms with van der Waals surface area (Å²) in [6.45, 7) is 0. The van der Waals surface area contributed by atoms with Gasteiger partial charge in [-0.2, -0.15) is 0 Å². The van der Waals surface area contributed by atoms with E-state index in [1.165, 1.54) is 25.7 Å². The van der Waals surface area contributed by atoms with Gasteiger partial charge in [0.25, 0.3) is 0 Å². The minimum atomic E-state index is -0.323. The number of rotatable bonds is 0.